The Morgan fingerprint density at radius 1 is 1.62 bits per heavy atom. The van der Waals surface area contributed by atoms with E-state index in [9.17, 15) is 9.90 Å². The van der Waals surface area contributed by atoms with Crippen LogP contribution in [0.5, 0.6) is 0 Å². The van der Waals surface area contributed by atoms with Crippen LogP contribution in [0.1, 0.15) is 20.8 Å². The molecule has 0 atom stereocenters. The zero-order chi connectivity index (χ0) is 10.6. The van der Waals surface area contributed by atoms with Crippen LogP contribution in [0.15, 0.2) is 11.1 Å². The zero-order valence-corrected chi connectivity index (χ0v) is 9.22. The molecule has 0 aromatic heterocycles. The molecule has 0 rings (SSSR count). The molecular formula is C9H16ClNO2. The molecule has 0 aliphatic heterocycles. The van der Waals surface area contributed by atoms with E-state index in [4.69, 9.17) is 11.6 Å². The molecule has 0 aliphatic carbocycles. The maximum atomic E-state index is 10.8. The molecule has 0 aromatic carbocycles. The van der Waals surface area contributed by atoms with Crippen LogP contribution >= 0.6 is 11.6 Å². The number of carbonyl (C=O) groups excluding carboxylic acids is 1. The van der Waals surface area contributed by atoms with Crippen LogP contribution < -0.4 is 0 Å². The van der Waals surface area contributed by atoms with Crippen LogP contribution in [0.25, 0.3) is 0 Å². The second kappa shape index (κ2) is 4.63. The molecule has 0 aromatic rings. The number of carbonyl (C=O) groups is 1. The third-order valence-electron chi connectivity index (χ3n) is 1.44. The molecule has 0 saturated heterocycles. The summed E-state index contributed by atoms with van der Waals surface area (Å²) in [7, 11) is 1.66. The number of hydrogen-bond acceptors (Lipinski definition) is 2. The lowest BCUT2D eigenvalue weighted by Crippen LogP contribution is -2.26. The van der Waals surface area contributed by atoms with Gasteiger partial charge >= 0.3 is 0 Å². The van der Waals surface area contributed by atoms with Crippen molar-refractivity contribution in [3.8, 4) is 0 Å². The van der Waals surface area contributed by atoms with Gasteiger partial charge in [0.2, 0.25) is 5.91 Å². The fraction of sp³-hybridized carbons (Fsp3) is 0.667. The SMILES string of the molecule is CC(=O)N(C)C/C(Cl)=C\C(C)(C)O. The van der Waals surface area contributed by atoms with Crippen LogP contribution in [0, 0.1) is 0 Å². The zero-order valence-electron chi connectivity index (χ0n) is 8.47. The molecule has 0 aliphatic rings. The quantitative estimate of drug-likeness (QED) is 0.756. The summed E-state index contributed by atoms with van der Waals surface area (Å²) in [6.07, 6.45) is 1.52. The third kappa shape index (κ3) is 6.61. The lowest BCUT2D eigenvalue weighted by atomic mass is 10.1. The van der Waals surface area contributed by atoms with Crippen LogP contribution in [-0.4, -0.2) is 35.1 Å². The van der Waals surface area contributed by atoms with Gasteiger partial charge < -0.3 is 10.0 Å². The maximum absolute atomic E-state index is 10.8. The fourth-order valence-corrected chi connectivity index (χ4v) is 1.21. The van der Waals surface area contributed by atoms with Crippen molar-refractivity contribution in [2.45, 2.75) is 26.4 Å². The summed E-state index contributed by atoms with van der Waals surface area (Å²) in [5.41, 5.74) is -0.936. The van der Waals surface area contributed by atoms with Crippen molar-refractivity contribution in [3.63, 3.8) is 0 Å². The smallest absolute Gasteiger partial charge is 0.219 e. The first-order valence-corrected chi connectivity index (χ1v) is 4.41. The molecule has 0 spiro atoms. The molecule has 1 amide bonds. The number of aliphatic hydroxyl groups is 1. The number of halogens is 1. The van der Waals surface area contributed by atoms with Crippen molar-refractivity contribution in [1.82, 2.24) is 4.90 Å². The van der Waals surface area contributed by atoms with Gasteiger partial charge in [0.1, 0.15) is 0 Å². The van der Waals surface area contributed by atoms with Gasteiger partial charge in [-0.05, 0) is 19.9 Å². The first-order valence-electron chi connectivity index (χ1n) is 4.03. The van der Waals surface area contributed by atoms with Crippen molar-refractivity contribution in [3.05, 3.63) is 11.1 Å². The Morgan fingerprint density at radius 3 is 2.38 bits per heavy atom. The topological polar surface area (TPSA) is 40.5 Å². The lowest BCUT2D eigenvalue weighted by molar-refractivity contribution is -0.127. The molecular weight excluding hydrogens is 190 g/mol. The van der Waals surface area contributed by atoms with E-state index >= 15 is 0 Å². The van der Waals surface area contributed by atoms with Crippen molar-refractivity contribution in [2.75, 3.05) is 13.6 Å². The van der Waals surface area contributed by atoms with E-state index in [-0.39, 0.29) is 5.91 Å². The number of amides is 1. The molecule has 76 valence electrons. The molecule has 1 N–H and O–H groups in total. The average Bonchev–Trinajstić information content (AvgIpc) is 1.81. The van der Waals surface area contributed by atoms with Gasteiger partial charge in [0.15, 0.2) is 0 Å². The van der Waals surface area contributed by atoms with E-state index in [1.807, 2.05) is 0 Å². The molecule has 0 saturated carbocycles. The third-order valence-corrected chi connectivity index (χ3v) is 1.66. The summed E-state index contributed by atoms with van der Waals surface area (Å²) in [5, 5.41) is 9.84. The lowest BCUT2D eigenvalue weighted by Gasteiger charge is -2.17. The van der Waals surface area contributed by atoms with Crippen molar-refractivity contribution >= 4 is 17.5 Å². The number of nitrogens with zero attached hydrogens (tertiary/aromatic N) is 1. The Labute approximate surface area is 84.0 Å². The summed E-state index contributed by atoms with van der Waals surface area (Å²) in [4.78, 5) is 12.3. The van der Waals surface area contributed by atoms with E-state index in [1.165, 1.54) is 17.9 Å². The van der Waals surface area contributed by atoms with Crippen molar-refractivity contribution in [2.24, 2.45) is 0 Å². The predicted molar refractivity (Wildman–Crippen MR) is 53.5 cm³/mol. The van der Waals surface area contributed by atoms with Gasteiger partial charge in [-0.25, -0.2) is 0 Å². The second-order valence-corrected chi connectivity index (χ2v) is 4.11. The van der Waals surface area contributed by atoms with Crippen LogP contribution in [0.4, 0.5) is 0 Å². The molecule has 3 nitrogen and oxygen atoms in total. The fourth-order valence-electron chi connectivity index (χ4n) is 0.767. The predicted octanol–water partition coefficient (Wildman–Crippen LogP) is 1.36. The summed E-state index contributed by atoms with van der Waals surface area (Å²) in [6, 6.07) is 0. The van der Waals surface area contributed by atoms with Gasteiger partial charge in [0.05, 0.1) is 12.1 Å². The Bertz CT molecular complexity index is 218. The van der Waals surface area contributed by atoms with Gasteiger partial charge in [-0.3, -0.25) is 4.79 Å². The standard InChI is InChI=1S/C9H16ClNO2/c1-7(12)11(4)6-8(10)5-9(2,3)13/h5,13H,6H2,1-4H3/b8-5+. The van der Waals surface area contributed by atoms with E-state index in [0.717, 1.165) is 0 Å². The van der Waals surface area contributed by atoms with Gasteiger partial charge in [-0.2, -0.15) is 0 Å². The van der Waals surface area contributed by atoms with Crippen LogP contribution in [-0.2, 0) is 4.79 Å². The molecule has 0 heterocycles. The normalized spacial score (nSPS) is 12.9. The first-order chi connectivity index (χ1) is 5.72. The van der Waals surface area contributed by atoms with Gasteiger partial charge in [-0.1, -0.05) is 11.6 Å². The minimum Gasteiger partial charge on any atom is -0.386 e. The van der Waals surface area contributed by atoms with E-state index in [2.05, 4.69) is 0 Å². The summed E-state index contributed by atoms with van der Waals surface area (Å²) in [6.45, 7) is 5.06. The molecule has 0 radical (unpaired) electrons. The Hall–Kier alpha value is -0.540. The second-order valence-electron chi connectivity index (χ2n) is 3.62. The highest BCUT2D eigenvalue weighted by atomic mass is 35.5. The maximum Gasteiger partial charge on any atom is 0.219 e. The first kappa shape index (κ1) is 12.5. The van der Waals surface area contributed by atoms with Crippen LogP contribution in [0.2, 0.25) is 0 Å². The largest absolute Gasteiger partial charge is 0.386 e. The average molecular weight is 206 g/mol. The molecule has 0 unspecified atom stereocenters. The van der Waals surface area contributed by atoms with Crippen molar-refractivity contribution < 1.29 is 9.90 Å². The molecule has 13 heavy (non-hydrogen) atoms. The molecule has 4 heteroatoms. The minimum absolute atomic E-state index is 0.0534. The van der Waals surface area contributed by atoms with Crippen LogP contribution in [0.3, 0.4) is 0 Å². The minimum atomic E-state index is -0.936. The highest BCUT2D eigenvalue weighted by Gasteiger charge is 2.11. The van der Waals surface area contributed by atoms with E-state index in [0.29, 0.717) is 11.6 Å². The molecule has 0 bridgehead atoms. The highest BCUT2D eigenvalue weighted by Crippen LogP contribution is 2.11. The Morgan fingerprint density at radius 2 is 2.08 bits per heavy atom. The van der Waals surface area contributed by atoms with Crippen molar-refractivity contribution in [1.29, 1.82) is 0 Å². The number of rotatable bonds is 3. The summed E-state index contributed by atoms with van der Waals surface area (Å²) in [5.74, 6) is -0.0534. The number of likely N-dealkylation sites (N-methyl/N-ethyl adjacent to an activating group) is 1. The van der Waals surface area contributed by atoms with E-state index in [1.54, 1.807) is 20.9 Å². The van der Waals surface area contributed by atoms with Gasteiger partial charge in [-0.15, -0.1) is 0 Å². The van der Waals surface area contributed by atoms with Gasteiger partial charge in [0.25, 0.3) is 0 Å². The monoisotopic (exact) mass is 205 g/mol. The Kier molecular flexibility index (Phi) is 4.44. The van der Waals surface area contributed by atoms with E-state index < -0.39 is 5.60 Å². The van der Waals surface area contributed by atoms with Gasteiger partial charge in [0, 0.05) is 19.0 Å². The number of hydrogen-bond donors (Lipinski definition) is 1. The Balaban J connectivity index is 4.23. The molecule has 0 fully saturated rings. The highest BCUT2D eigenvalue weighted by molar-refractivity contribution is 6.30. The summed E-state index contributed by atoms with van der Waals surface area (Å²) >= 11 is 5.81. The summed E-state index contributed by atoms with van der Waals surface area (Å²) < 4.78 is 0.